The van der Waals surface area contributed by atoms with Gasteiger partial charge in [0.05, 0.1) is 12.2 Å². The van der Waals surface area contributed by atoms with Crippen molar-refractivity contribution in [3.8, 4) is 0 Å². The minimum absolute atomic E-state index is 0.160. The highest BCUT2D eigenvalue weighted by molar-refractivity contribution is 4.81. The highest BCUT2D eigenvalue weighted by Crippen LogP contribution is 2.20. The molecule has 0 amide bonds. The van der Waals surface area contributed by atoms with Gasteiger partial charge in [-0.05, 0) is 44.9 Å². The van der Waals surface area contributed by atoms with Crippen LogP contribution in [-0.4, -0.2) is 36.5 Å². The fourth-order valence-corrected chi connectivity index (χ4v) is 2.15. The van der Waals surface area contributed by atoms with Crippen molar-refractivity contribution in [1.82, 2.24) is 5.32 Å². The van der Waals surface area contributed by atoms with E-state index in [0.717, 1.165) is 32.4 Å². The molecule has 1 saturated heterocycles. The van der Waals surface area contributed by atoms with E-state index in [1.165, 1.54) is 25.7 Å². The number of aliphatic hydroxyl groups is 1. The van der Waals surface area contributed by atoms with Crippen molar-refractivity contribution < 1.29 is 9.84 Å². The number of rotatable bonds is 7. The molecule has 15 heavy (non-hydrogen) atoms. The molecule has 1 aliphatic carbocycles. The second kappa shape index (κ2) is 5.83. The van der Waals surface area contributed by atoms with Gasteiger partial charge < -0.3 is 15.2 Å². The standard InChI is InChI=1S/C12H23NO2/c14-11(9-13-10-6-7-10)3-1-4-12-5-2-8-15-12/h10-14H,1-9H2. The second-order valence-corrected chi connectivity index (χ2v) is 4.90. The predicted octanol–water partition coefficient (Wildman–Crippen LogP) is 1.45. The maximum atomic E-state index is 9.70. The van der Waals surface area contributed by atoms with Crippen LogP contribution in [0, 0.1) is 0 Å². The summed E-state index contributed by atoms with van der Waals surface area (Å²) in [5, 5.41) is 13.0. The molecule has 1 aliphatic heterocycles. The van der Waals surface area contributed by atoms with Gasteiger partial charge in [-0.15, -0.1) is 0 Å². The van der Waals surface area contributed by atoms with Crippen LogP contribution in [0.4, 0.5) is 0 Å². The SMILES string of the molecule is OC(CCCC1CCCO1)CNC1CC1. The van der Waals surface area contributed by atoms with Crippen molar-refractivity contribution in [2.45, 2.75) is 63.2 Å². The zero-order chi connectivity index (χ0) is 10.5. The molecular formula is C12H23NO2. The molecule has 88 valence electrons. The van der Waals surface area contributed by atoms with E-state index < -0.39 is 0 Å². The number of hydrogen-bond donors (Lipinski definition) is 2. The molecule has 1 heterocycles. The van der Waals surface area contributed by atoms with Crippen LogP contribution in [0.25, 0.3) is 0 Å². The van der Waals surface area contributed by atoms with Gasteiger partial charge >= 0.3 is 0 Å². The molecule has 0 radical (unpaired) electrons. The third kappa shape index (κ3) is 4.49. The Kier molecular flexibility index (Phi) is 4.42. The van der Waals surface area contributed by atoms with Gasteiger partial charge in [0.25, 0.3) is 0 Å². The Labute approximate surface area is 92.2 Å². The van der Waals surface area contributed by atoms with E-state index in [-0.39, 0.29) is 6.10 Å². The fourth-order valence-electron chi connectivity index (χ4n) is 2.15. The minimum atomic E-state index is -0.160. The molecule has 2 rings (SSSR count). The van der Waals surface area contributed by atoms with Crippen LogP contribution < -0.4 is 5.32 Å². The van der Waals surface area contributed by atoms with Crippen LogP contribution in [0.5, 0.6) is 0 Å². The van der Waals surface area contributed by atoms with Crippen molar-refractivity contribution in [3.63, 3.8) is 0 Å². The van der Waals surface area contributed by atoms with E-state index in [9.17, 15) is 5.11 Å². The highest BCUT2D eigenvalue weighted by atomic mass is 16.5. The largest absolute Gasteiger partial charge is 0.392 e. The molecule has 2 unspecified atom stereocenters. The van der Waals surface area contributed by atoms with Crippen LogP contribution in [-0.2, 0) is 4.74 Å². The van der Waals surface area contributed by atoms with Crippen molar-refractivity contribution >= 4 is 0 Å². The molecule has 0 aromatic carbocycles. The first-order valence-electron chi connectivity index (χ1n) is 6.37. The summed E-state index contributed by atoms with van der Waals surface area (Å²) >= 11 is 0. The molecular weight excluding hydrogens is 190 g/mol. The zero-order valence-corrected chi connectivity index (χ0v) is 9.45. The smallest absolute Gasteiger partial charge is 0.0664 e. The molecule has 0 aromatic heterocycles. The Balaban J connectivity index is 1.44. The number of ether oxygens (including phenoxy) is 1. The lowest BCUT2D eigenvalue weighted by Gasteiger charge is -2.13. The van der Waals surface area contributed by atoms with Gasteiger partial charge in [-0.1, -0.05) is 0 Å². The second-order valence-electron chi connectivity index (χ2n) is 4.90. The van der Waals surface area contributed by atoms with Gasteiger partial charge in [0, 0.05) is 19.2 Å². The van der Waals surface area contributed by atoms with Crippen LogP contribution in [0.3, 0.4) is 0 Å². The molecule has 2 N–H and O–H groups in total. The Morgan fingerprint density at radius 1 is 1.33 bits per heavy atom. The highest BCUT2D eigenvalue weighted by Gasteiger charge is 2.21. The monoisotopic (exact) mass is 213 g/mol. The Bertz CT molecular complexity index is 176. The maximum absolute atomic E-state index is 9.70. The summed E-state index contributed by atoms with van der Waals surface area (Å²) in [6.07, 6.45) is 8.48. The molecule has 0 aromatic rings. The van der Waals surface area contributed by atoms with Crippen LogP contribution in [0.2, 0.25) is 0 Å². The van der Waals surface area contributed by atoms with Gasteiger partial charge in [-0.25, -0.2) is 0 Å². The van der Waals surface area contributed by atoms with Gasteiger partial charge in [0.15, 0.2) is 0 Å². The first-order valence-corrected chi connectivity index (χ1v) is 6.37. The summed E-state index contributed by atoms with van der Waals surface area (Å²) in [5.41, 5.74) is 0. The van der Waals surface area contributed by atoms with Gasteiger partial charge in [-0.2, -0.15) is 0 Å². The summed E-state index contributed by atoms with van der Waals surface area (Å²) in [7, 11) is 0. The van der Waals surface area contributed by atoms with Crippen LogP contribution >= 0.6 is 0 Å². The lowest BCUT2D eigenvalue weighted by atomic mass is 10.1. The van der Waals surface area contributed by atoms with Crippen molar-refractivity contribution in [3.05, 3.63) is 0 Å². The molecule has 3 heteroatoms. The van der Waals surface area contributed by atoms with Crippen LogP contribution in [0.1, 0.15) is 44.9 Å². The van der Waals surface area contributed by atoms with Crippen molar-refractivity contribution in [2.75, 3.05) is 13.2 Å². The number of aliphatic hydroxyl groups excluding tert-OH is 1. The first kappa shape index (κ1) is 11.4. The average molecular weight is 213 g/mol. The van der Waals surface area contributed by atoms with Gasteiger partial charge in [0.1, 0.15) is 0 Å². The van der Waals surface area contributed by atoms with Crippen LogP contribution in [0.15, 0.2) is 0 Å². The van der Waals surface area contributed by atoms with Gasteiger partial charge in [0.2, 0.25) is 0 Å². The van der Waals surface area contributed by atoms with E-state index in [4.69, 9.17) is 4.74 Å². The number of hydrogen-bond acceptors (Lipinski definition) is 3. The van der Waals surface area contributed by atoms with E-state index in [0.29, 0.717) is 12.1 Å². The van der Waals surface area contributed by atoms with E-state index in [2.05, 4.69) is 5.32 Å². The maximum Gasteiger partial charge on any atom is 0.0664 e. The third-order valence-corrected chi connectivity index (χ3v) is 3.31. The van der Waals surface area contributed by atoms with Crippen molar-refractivity contribution in [2.24, 2.45) is 0 Å². The summed E-state index contributed by atoms with van der Waals surface area (Å²) in [4.78, 5) is 0. The fraction of sp³-hybridized carbons (Fsp3) is 1.00. The number of nitrogens with one attached hydrogen (secondary N) is 1. The first-order chi connectivity index (χ1) is 7.34. The van der Waals surface area contributed by atoms with E-state index in [1.54, 1.807) is 0 Å². The van der Waals surface area contributed by atoms with E-state index in [1.807, 2.05) is 0 Å². The molecule has 2 fully saturated rings. The minimum Gasteiger partial charge on any atom is -0.392 e. The third-order valence-electron chi connectivity index (χ3n) is 3.31. The molecule has 3 nitrogen and oxygen atoms in total. The Morgan fingerprint density at radius 3 is 2.87 bits per heavy atom. The molecule has 0 bridgehead atoms. The Hall–Kier alpha value is -0.120. The van der Waals surface area contributed by atoms with E-state index >= 15 is 0 Å². The topological polar surface area (TPSA) is 41.5 Å². The quantitative estimate of drug-likeness (QED) is 0.672. The molecule has 2 aliphatic rings. The molecule has 1 saturated carbocycles. The summed E-state index contributed by atoms with van der Waals surface area (Å²) in [6.45, 7) is 1.71. The zero-order valence-electron chi connectivity index (χ0n) is 9.45. The normalized spacial score (nSPS) is 28.2. The Morgan fingerprint density at radius 2 is 2.20 bits per heavy atom. The lowest BCUT2D eigenvalue weighted by Crippen LogP contribution is -2.28. The average Bonchev–Trinajstić information content (AvgIpc) is 2.92. The summed E-state index contributed by atoms with van der Waals surface area (Å²) in [5.74, 6) is 0. The summed E-state index contributed by atoms with van der Waals surface area (Å²) < 4.78 is 5.55. The molecule has 0 spiro atoms. The summed E-state index contributed by atoms with van der Waals surface area (Å²) in [6, 6.07) is 0.706. The van der Waals surface area contributed by atoms with Gasteiger partial charge in [-0.3, -0.25) is 0 Å². The lowest BCUT2D eigenvalue weighted by molar-refractivity contribution is 0.0942. The predicted molar refractivity (Wildman–Crippen MR) is 59.9 cm³/mol. The van der Waals surface area contributed by atoms with Crippen molar-refractivity contribution in [1.29, 1.82) is 0 Å². The molecule has 2 atom stereocenters.